The number of ether oxygens (including phenoxy) is 1. The van der Waals surface area contributed by atoms with Crippen LogP contribution in [0.15, 0.2) is 18.5 Å². The highest BCUT2D eigenvalue weighted by Crippen LogP contribution is 2.42. The molecule has 4 atom stereocenters. The highest BCUT2D eigenvalue weighted by Gasteiger charge is 2.43. The zero-order chi connectivity index (χ0) is 14.2. The average molecular weight is 266 g/mol. The predicted octanol–water partition coefficient (Wildman–Crippen LogP) is 2.23. The molecule has 1 N–H and O–H groups in total. The van der Waals surface area contributed by atoms with Crippen LogP contribution in [-0.4, -0.2) is 26.7 Å². The Kier molecular flexibility index (Phi) is 3.56. The Labute approximate surface area is 111 Å². The number of hydrogen-bond donors (Lipinski definition) is 1. The summed E-state index contributed by atoms with van der Waals surface area (Å²) >= 11 is 0. The van der Waals surface area contributed by atoms with Gasteiger partial charge in [0.25, 0.3) is 5.69 Å². The van der Waals surface area contributed by atoms with Crippen LogP contribution in [0.4, 0.5) is 5.69 Å². The summed E-state index contributed by atoms with van der Waals surface area (Å²) in [7, 11) is 0. The van der Waals surface area contributed by atoms with E-state index < -0.39 is 10.5 Å². The van der Waals surface area contributed by atoms with E-state index in [1.54, 1.807) is 19.9 Å². The first kappa shape index (κ1) is 13.9. The molecule has 6 heteroatoms. The summed E-state index contributed by atoms with van der Waals surface area (Å²) in [6, 6.07) is 1.61. The number of nitro groups is 1. The summed E-state index contributed by atoms with van der Waals surface area (Å²) in [5.74, 6) is -0.00554. The summed E-state index contributed by atoms with van der Waals surface area (Å²) in [6.45, 7) is 5.45. The third kappa shape index (κ3) is 2.46. The van der Waals surface area contributed by atoms with Crippen molar-refractivity contribution in [3.63, 3.8) is 0 Å². The van der Waals surface area contributed by atoms with Crippen LogP contribution in [0.2, 0.25) is 0 Å². The van der Waals surface area contributed by atoms with Crippen LogP contribution < -0.4 is 0 Å². The molecule has 0 unspecified atom stereocenters. The maximum atomic E-state index is 11.0. The lowest BCUT2D eigenvalue weighted by molar-refractivity contribution is -0.386. The first-order valence-electron chi connectivity index (χ1n) is 6.30. The smallest absolute Gasteiger partial charge is 0.293 e. The number of hydrogen-bond acceptors (Lipinski definition) is 5. The van der Waals surface area contributed by atoms with E-state index in [1.165, 1.54) is 12.4 Å². The summed E-state index contributed by atoms with van der Waals surface area (Å²) in [6.07, 6.45) is 2.54. The van der Waals surface area contributed by atoms with Gasteiger partial charge in [0.05, 0.1) is 28.3 Å². The lowest BCUT2D eigenvalue weighted by atomic mass is 9.78. The Morgan fingerprint density at radius 3 is 2.84 bits per heavy atom. The van der Waals surface area contributed by atoms with Crippen molar-refractivity contribution < 1.29 is 14.8 Å². The minimum absolute atomic E-state index is 0.00554. The molecule has 1 aromatic rings. The molecule has 0 aliphatic carbocycles. The molecule has 0 amide bonds. The van der Waals surface area contributed by atoms with Gasteiger partial charge in [-0.25, -0.2) is 0 Å². The van der Waals surface area contributed by atoms with E-state index in [4.69, 9.17) is 4.74 Å². The van der Waals surface area contributed by atoms with E-state index in [2.05, 4.69) is 4.98 Å². The molecule has 2 rings (SSSR count). The van der Waals surface area contributed by atoms with Crippen molar-refractivity contribution in [1.82, 2.24) is 4.98 Å². The van der Waals surface area contributed by atoms with Gasteiger partial charge in [-0.1, -0.05) is 6.92 Å². The lowest BCUT2D eigenvalue weighted by Crippen LogP contribution is -2.49. The third-order valence-electron chi connectivity index (χ3n) is 4.13. The van der Waals surface area contributed by atoms with Gasteiger partial charge in [0, 0.05) is 6.20 Å². The second-order valence-electron chi connectivity index (χ2n) is 5.32. The summed E-state index contributed by atoms with van der Waals surface area (Å²) in [5, 5.41) is 21.3. The van der Waals surface area contributed by atoms with E-state index in [0.717, 1.165) is 0 Å². The van der Waals surface area contributed by atoms with Crippen molar-refractivity contribution in [2.75, 3.05) is 0 Å². The minimum Gasteiger partial charge on any atom is -0.387 e. The zero-order valence-electron chi connectivity index (χ0n) is 11.2. The Balaban J connectivity index is 2.32. The molecular weight excluding hydrogens is 248 g/mol. The van der Waals surface area contributed by atoms with E-state index in [0.29, 0.717) is 12.0 Å². The molecule has 0 saturated carbocycles. The van der Waals surface area contributed by atoms with Gasteiger partial charge in [-0.15, -0.1) is 0 Å². The molecule has 1 aromatic heterocycles. The molecule has 0 aromatic carbocycles. The van der Waals surface area contributed by atoms with E-state index in [-0.39, 0.29) is 23.8 Å². The van der Waals surface area contributed by atoms with Crippen molar-refractivity contribution in [1.29, 1.82) is 0 Å². The summed E-state index contributed by atoms with van der Waals surface area (Å²) in [5.41, 5.74) is -0.430. The molecule has 2 heterocycles. The SMILES string of the molecule is C[C@@H]1C[C@H](c2ccncc2[N+](=O)[O-])O[C@H](C)[C@@]1(C)O. The molecule has 1 aliphatic heterocycles. The van der Waals surface area contributed by atoms with Crippen LogP contribution in [0, 0.1) is 16.0 Å². The second-order valence-corrected chi connectivity index (χ2v) is 5.32. The van der Waals surface area contributed by atoms with Crippen LogP contribution in [0.3, 0.4) is 0 Å². The molecule has 0 radical (unpaired) electrons. The average Bonchev–Trinajstić information content (AvgIpc) is 2.36. The molecule has 1 saturated heterocycles. The molecule has 0 bridgehead atoms. The van der Waals surface area contributed by atoms with Crippen LogP contribution in [0.25, 0.3) is 0 Å². The highest BCUT2D eigenvalue weighted by molar-refractivity contribution is 5.39. The van der Waals surface area contributed by atoms with Crippen molar-refractivity contribution in [3.8, 4) is 0 Å². The van der Waals surface area contributed by atoms with Crippen molar-refractivity contribution in [3.05, 3.63) is 34.1 Å². The number of aliphatic hydroxyl groups is 1. The van der Waals surface area contributed by atoms with Crippen molar-refractivity contribution in [2.45, 2.75) is 45.0 Å². The molecule has 19 heavy (non-hydrogen) atoms. The fourth-order valence-corrected chi connectivity index (χ4v) is 2.42. The summed E-state index contributed by atoms with van der Waals surface area (Å²) in [4.78, 5) is 14.3. The van der Waals surface area contributed by atoms with Gasteiger partial charge < -0.3 is 9.84 Å². The Bertz CT molecular complexity index is 475. The van der Waals surface area contributed by atoms with Crippen molar-refractivity contribution >= 4 is 5.69 Å². The summed E-state index contributed by atoms with van der Waals surface area (Å²) < 4.78 is 5.77. The molecule has 0 spiro atoms. The van der Waals surface area contributed by atoms with Gasteiger partial charge in [-0.3, -0.25) is 15.1 Å². The molecule has 1 aliphatic rings. The third-order valence-corrected chi connectivity index (χ3v) is 4.13. The van der Waals surface area contributed by atoms with Gasteiger partial charge >= 0.3 is 0 Å². The van der Waals surface area contributed by atoms with Gasteiger partial charge in [-0.05, 0) is 32.3 Å². The number of aromatic nitrogens is 1. The minimum atomic E-state index is -0.918. The van der Waals surface area contributed by atoms with Crippen LogP contribution in [0.5, 0.6) is 0 Å². The Morgan fingerprint density at radius 1 is 1.58 bits per heavy atom. The van der Waals surface area contributed by atoms with Crippen molar-refractivity contribution in [2.24, 2.45) is 5.92 Å². The number of rotatable bonds is 2. The highest BCUT2D eigenvalue weighted by atomic mass is 16.6. The fourth-order valence-electron chi connectivity index (χ4n) is 2.42. The molecular formula is C13H18N2O4. The van der Waals surface area contributed by atoms with E-state index >= 15 is 0 Å². The van der Waals surface area contributed by atoms with Crippen LogP contribution in [0.1, 0.15) is 38.9 Å². The van der Waals surface area contributed by atoms with E-state index in [9.17, 15) is 15.2 Å². The largest absolute Gasteiger partial charge is 0.387 e. The van der Waals surface area contributed by atoms with Gasteiger partial charge in [0.2, 0.25) is 0 Å². The van der Waals surface area contributed by atoms with Crippen LogP contribution in [-0.2, 0) is 4.74 Å². The Morgan fingerprint density at radius 2 is 2.26 bits per heavy atom. The van der Waals surface area contributed by atoms with Gasteiger partial charge in [-0.2, -0.15) is 0 Å². The topological polar surface area (TPSA) is 85.5 Å². The zero-order valence-corrected chi connectivity index (χ0v) is 11.2. The first-order chi connectivity index (χ1) is 8.84. The normalized spacial score (nSPS) is 35.1. The standard InChI is InChI=1S/C13H18N2O4/c1-8-6-12(19-9(2)13(8,3)16)10-4-5-14-7-11(10)15(17)18/h4-5,7-9,12,16H,6H2,1-3H3/t8-,9-,12-,13+/m1/s1. The van der Waals surface area contributed by atoms with E-state index in [1.807, 2.05) is 6.92 Å². The lowest BCUT2D eigenvalue weighted by Gasteiger charge is -2.43. The number of pyridine rings is 1. The fraction of sp³-hybridized carbons (Fsp3) is 0.615. The maximum Gasteiger partial charge on any atom is 0.293 e. The quantitative estimate of drug-likeness (QED) is 0.655. The first-order valence-corrected chi connectivity index (χ1v) is 6.30. The predicted molar refractivity (Wildman–Crippen MR) is 68.6 cm³/mol. The number of nitrogens with zero attached hydrogens (tertiary/aromatic N) is 2. The Hall–Kier alpha value is -1.53. The molecule has 104 valence electrons. The van der Waals surface area contributed by atoms with Gasteiger partial charge in [0.1, 0.15) is 6.20 Å². The second kappa shape index (κ2) is 4.86. The monoisotopic (exact) mass is 266 g/mol. The maximum absolute atomic E-state index is 11.0. The van der Waals surface area contributed by atoms with Crippen LogP contribution >= 0.6 is 0 Å². The molecule has 1 fully saturated rings. The van der Waals surface area contributed by atoms with Gasteiger partial charge in [0.15, 0.2) is 0 Å². The molecule has 6 nitrogen and oxygen atoms in total.